The van der Waals surface area contributed by atoms with Crippen molar-refractivity contribution in [2.45, 2.75) is 51.5 Å². The summed E-state index contributed by atoms with van der Waals surface area (Å²) in [6, 6.07) is 11.4. The van der Waals surface area contributed by atoms with Crippen molar-refractivity contribution in [3.63, 3.8) is 0 Å². The Balaban J connectivity index is 1.50. The van der Waals surface area contributed by atoms with Gasteiger partial charge in [0.25, 0.3) is 0 Å². The molecule has 1 fully saturated rings. The van der Waals surface area contributed by atoms with Crippen LogP contribution in [0.25, 0.3) is 0 Å². The van der Waals surface area contributed by atoms with Crippen LogP contribution >= 0.6 is 0 Å². The van der Waals surface area contributed by atoms with Gasteiger partial charge < -0.3 is 19.1 Å². The molecule has 6 nitrogen and oxygen atoms in total. The quantitative estimate of drug-likeness (QED) is 0.696. The number of fused-ring (bicyclic) bond motifs is 2. The van der Waals surface area contributed by atoms with Crippen molar-refractivity contribution in [2.75, 3.05) is 26.4 Å². The van der Waals surface area contributed by atoms with E-state index in [1.54, 1.807) is 6.20 Å². The number of nitrogens with zero attached hydrogens (tertiary/aromatic N) is 2. The van der Waals surface area contributed by atoms with Crippen LogP contribution in [0.2, 0.25) is 0 Å². The van der Waals surface area contributed by atoms with Crippen LogP contribution in [0.1, 0.15) is 50.5 Å². The lowest BCUT2D eigenvalue weighted by molar-refractivity contribution is -0.133. The number of para-hydroxylation sites is 2. The molecule has 1 aromatic heterocycles. The molecule has 1 aliphatic carbocycles. The minimum Gasteiger partial charge on any atom is -0.487 e. The molecule has 1 aromatic carbocycles. The van der Waals surface area contributed by atoms with Crippen LogP contribution in [-0.4, -0.2) is 42.2 Å². The van der Waals surface area contributed by atoms with Crippen LogP contribution in [0.3, 0.4) is 0 Å². The van der Waals surface area contributed by atoms with E-state index in [0.29, 0.717) is 62.6 Å². The van der Waals surface area contributed by atoms with Gasteiger partial charge in [-0.1, -0.05) is 50.3 Å². The molecule has 2 aliphatic rings. The number of pyridine rings is 1. The second kappa shape index (κ2) is 11.1. The van der Waals surface area contributed by atoms with Crippen LogP contribution < -0.4 is 9.47 Å². The van der Waals surface area contributed by atoms with Gasteiger partial charge in [-0.05, 0) is 30.5 Å². The van der Waals surface area contributed by atoms with Gasteiger partial charge in [-0.25, -0.2) is 4.98 Å². The molecule has 1 amide bonds. The smallest absolute Gasteiger partial charge is 0.224 e. The van der Waals surface area contributed by atoms with E-state index < -0.39 is 0 Å². The molecule has 0 radical (unpaired) electrons. The molecule has 0 saturated heterocycles. The van der Waals surface area contributed by atoms with E-state index >= 15 is 0 Å². The fraction of sp³-hybridized carbons (Fsp3) is 0.520. The maximum absolute atomic E-state index is 13.1. The largest absolute Gasteiger partial charge is 0.487 e. The van der Waals surface area contributed by atoms with E-state index in [9.17, 15) is 4.79 Å². The predicted octanol–water partition coefficient (Wildman–Crippen LogP) is 4.97. The average Bonchev–Trinajstić information content (AvgIpc) is 2.82. The number of carbonyl (C=O) groups excluding carboxylic acids is 1. The molecule has 2 heterocycles. The summed E-state index contributed by atoms with van der Waals surface area (Å²) >= 11 is 0. The summed E-state index contributed by atoms with van der Waals surface area (Å²) in [6.07, 6.45) is 9.74. The Kier molecular flexibility index (Phi) is 7.77. The standard InChI is InChI=1S/C25H32N2O4/c28-24(13-12-20-7-2-1-3-8-20)27-15-16-29-17-18-30-22-10-4-5-11-23(22)31-25-21(19-27)9-6-14-26-25/h4-6,9-11,14,20H,1-3,7-8,12-13,15-19H2. The Morgan fingerprint density at radius 2 is 1.84 bits per heavy atom. The molecular formula is C25H32N2O4. The highest BCUT2D eigenvalue weighted by molar-refractivity contribution is 5.76. The van der Waals surface area contributed by atoms with Gasteiger partial charge in [0.15, 0.2) is 11.5 Å². The highest BCUT2D eigenvalue weighted by Gasteiger charge is 2.21. The maximum atomic E-state index is 13.1. The lowest BCUT2D eigenvalue weighted by atomic mass is 9.86. The Bertz CT molecular complexity index is 851. The summed E-state index contributed by atoms with van der Waals surface area (Å²) in [5.74, 6) is 2.63. The number of carbonyl (C=O) groups is 1. The maximum Gasteiger partial charge on any atom is 0.224 e. The lowest BCUT2D eigenvalue weighted by Crippen LogP contribution is -2.34. The van der Waals surface area contributed by atoms with Gasteiger partial charge in [0.05, 0.1) is 19.8 Å². The molecule has 2 aromatic rings. The number of amides is 1. The average molecular weight is 425 g/mol. The second-order valence-electron chi connectivity index (χ2n) is 8.34. The molecule has 31 heavy (non-hydrogen) atoms. The molecule has 1 saturated carbocycles. The van der Waals surface area contributed by atoms with Crippen molar-refractivity contribution in [2.24, 2.45) is 5.92 Å². The SMILES string of the molecule is O=C(CCC1CCCCC1)N1CCOCCOc2ccccc2Oc2ncccc2C1. The third-order valence-electron chi connectivity index (χ3n) is 6.10. The van der Waals surface area contributed by atoms with Crippen LogP contribution in [0.5, 0.6) is 17.4 Å². The molecule has 4 rings (SSSR count). The number of rotatable bonds is 3. The minimum absolute atomic E-state index is 0.176. The first-order chi connectivity index (χ1) is 15.3. The highest BCUT2D eigenvalue weighted by atomic mass is 16.5. The van der Waals surface area contributed by atoms with Gasteiger partial charge >= 0.3 is 0 Å². The molecule has 166 valence electrons. The molecule has 0 bridgehead atoms. The zero-order valence-corrected chi connectivity index (χ0v) is 18.1. The Morgan fingerprint density at radius 1 is 1.00 bits per heavy atom. The third-order valence-corrected chi connectivity index (χ3v) is 6.10. The van der Waals surface area contributed by atoms with E-state index in [-0.39, 0.29) is 5.91 Å². The van der Waals surface area contributed by atoms with Crippen molar-refractivity contribution in [1.29, 1.82) is 0 Å². The second-order valence-corrected chi connectivity index (χ2v) is 8.34. The molecule has 0 unspecified atom stereocenters. The van der Waals surface area contributed by atoms with E-state index in [2.05, 4.69) is 4.98 Å². The lowest BCUT2D eigenvalue weighted by Gasteiger charge is -2.26. The topological polar surface area (TPSA) is 60.9 Å². The molecular weight excluding hydrogens is 392 g/mol. The summed E-state index contributed by atoms with van der Waals surface area (Å²) in [5, 5.41) is 0. The summed E-state index contributed by atoms with van der Waals surface area (Å²) in [5.41, 5.74) is 0.877. The van der Waals surface area contributed by atoms with Gasteiger partial charge in [0.2, 0.25) is 11.8 Å². The molecule has 6 heteroatoms. The van der Waals surface area contributed by atoms with Crippen molar-refractivity contribution >= 4 is 5.91 Å². The highest BCUT2D eigenvalue weighted by Crippen LogP contribution is 2.32. The van der Waals surface area contributed by atoms with E-state index in [0.717, 1.165) is 12.0 Å². The number of benzene rings is 1. The van der Waals surface area contributed by atoms with Crippen LogP contribution in [0.15, 0.2) is 42.6 Å². The Hall–Kier alpha value is -2.60. The van der Waals surface area contributed by atoms with Crippen molar-refractivity contribution in [3.8, 4) is 17.4 Å². The zero-order chi connectivity index (χ0) is 21.3. The fourth-order valence-electron chi connectivity index (χ4n) is 4.34. The Labute approximate surface area is 184 Å². The van der Waals surface area contributed by atoms with Gasteiger partial charge in [0, 0.05) is 24.7 Å². The first-order valence-electron chi connectivity index (χ1n) is 11.5. The minimum atomic E-state index is 0.176. The number of ether oxygens (including phenoxy) is 3. The zero-order valence-electron chi connectivity index (χ0n) is 18.1. The summed E-state index contributed by atoms with van der Waals surface area (Å²) in [7, 11) is 0. The number of aromatic nitrogens is 1. The van der Waals surface area contributed by atoms with Gasteiger partial charge in [0.1, 0.15) is 6.61 Å². The molecule has 1 aliphatic heterocycles. The summed E-state index contributed by atoms with van der Waals surface area (Å²) < 4.78 is 17.7. The predicted molar refractivity (Wildman–Crippen MR) is 118 cm³/mol. The fourth-order valence-corrected chi connectivity index (χ4v) is 4.34. The molecule has 0 N–H and O–H groups in total. The first kappa shape index (κ1) is 21.6. The van der Waals surface area contributed by atoms with Crippen molar-refractivity contribution in [1.82, 2.24) is 9.88 Å². The van der Waals surface area contributed by atoms with Crippen LogP contribution in [0, 0.1) is 5.92 Å². The van der Waals surface area contributed by atoms with Crippen molar-refractivity contribution in [3.05, 3.63) is 48.2 Å². The van der Waals surface area contributed by atoms with E-state index in [4.69, 9.17) is 14.2 Å². The molecule has 0 spiro atoms. The van der Waals surface area contributed by atoms with Crippen molar-refractivity contribution < 1.29 is 19.0 Å². The van der Waals surface area contributed by atoms with Gasteiger partial charge in [-0.3, -0.25) is 4.79 Å². The normalized spacial score (nSPS) is 18.3. The van der Waals surface area contributed by atoms with E-state index in [1.807, 2.05) is 41.3 Å². The van der Waals surface area contributed by atoms with E-state index in [1.165, 1.54) is 32.1 Å². The van der Waals surface area contributed by atoms with Gasteiger partial charge in [-0.15, -0.1) is 0 Å². The number of hydrogen-bond donors (Lipinski definition) is 0. The Morgan fingerprint density at radius 3 is 2.71 bits per heavy atom. The van der Waals surface area contributed by atoms with Gasteiger partial charge in [-0.2, -0.15) is 0 Å². The number of hydrogen-bond acceptors (Lipinski definition) is 5. The monoisotopic (exact) mass is 424 g/mol. The molecule has 0 atom stereocenters. The van der Waals surface area contributed by atoms with Crippen LogP contribution in [0.4, 0.5) is 0 Å². The summed E-state index contributed by atoms with van der Waals surface area (Å²) in [6.45, 7) is 2.37. The van der Waals surface area contributed by atoms with Crippen LogP contribution in [-0.2, 0) is 16.1 Å². The third kappa shape index (κ3) is 6.20. The summed E-state index contributed by atoms with van der Waals surface area (Å²) in [4.78, 5) is 19.4. The first-order valence-corrected chi connectivity index (χ1v) is 11.5.